The first-order valence-electron chi connectivity index (χ1n) is 8.72. The molecule has 1 amide bonds. The van der Waals surface area contributed by atoms with Crippen LogP contribution in [0.5, 0.6) is 0 Å². The van der Waals surface area contributed by atoms with Gasteiger partial charge >= 0.3 is 0 Å². The molecule has 2 aromatic carbocycles. The highest BCUT2D eigenvalue weighted by atomic mass is 35.5. The molecule has 27 heavy (non-hydrogen) atoms. The van der Waals surface area contributed by atoms with Crippen molar-refractivity contribution >= 4 is 44.7 Å². The number of nitrogens with zero attached hydrogens (tertiary/aromatic N) is 3. The predicted molar refractivity (Wildman–Crippen MR) is 112 cm³/mol. The number of aromatic nitrogens is 1. The van der Waals surface area contributed by atoms with Crippen molar-refractivity contribution < 1.29 is 9.53 Å². The second-order valence-corrected chi connectivity index (χ2v) is 7.65. The predicted octanol–water partition coefficient (Wildman–Crippen LogP) is 4.20. The van der Waals surface area contributed by atoms with Gasteiger partial charge in [0.15, 0.2) is 4.80 Å². The average molecular weight is 404 g/mol. The fraction of sp³-hybridized carbons (Fsp3) is 0.300. The summed E-state index contributed by atoms with van der Waals surface area (Å²) in [4.78, 5) is 19.7. The highest BCUT2D eigenvalue weighted by Crippen LogP contribution is 2.22. The molecule has 0 N–H and O–H groups in total. The lowest BCUT2D eigenvalue weighted by atomic mass is 10.2. The van der Waals surface area contributed by atoms with Crippen molar-refractivity contribution in [3.05, 3.63) is 57.9 Å². The van der Waals surface area contributed by atoms with Gasteiger partial charge in [-0.25, -0.2) is 0 Å². The first-order valence-corrected chi connectivity index (χ1v) is 9.92. The minimum Gasteiger partial charge on any atom is -0.380 e. The molecule has 0 aliphatic heterocycles. The van der Waals surface area contributed by atoms with Crippen molar-refractivity contribution in [2.45, 2.75) is 13.5 Å². The van der Waals surface area contributed by atoms with E-state index in [4.69, 9.17) is 16.3 Å². The average Bonchev–Trinajstić information content (AvgIpc) is 2.98. The highest BCUT2D eigenvalue weighted by molar-refractivity contribution is 7.16. The number of benzene rings is 2. The fourth-order valence-electron chi connectivity index (χ4n) is 2.70. The van der Waals surface area contributed by atoms with E-state index in [-0.39, 0.29) is 5.91 Å². The molecule has 0 fully saturated rings. The quantitative estimate of drug-likeness (QED) is 0.579. The Bertz CT molecular complexity index is 1010. The van der Waals surface area contributed by atoms with Crippen LogP contribution in [0.15, 0.2) is 47.5 Å². The summed E-state index contributed by atoms with van der Waals surface area (Å²) in [7, 11) is 3.93. The number of amides is 1. The lowest BCUT2D eigenvalue weighted by Gasteiger charge is -2.11. The molecule has 1 aromatic heterocycles. The van der Waals surface area contributed by atoms with Gasteiger partial charge in [0.25, 0.3) is 5.91 Å². The molecule has 0 saturated heterocycles. The fourth-order valence-corrected chi connectivity index (χ4v) is 4.03. The van der Waals surface area contributed by atoms with Gasteiger partial charge in [-0.05, 0) is 49.4 Å². The molecule has 0 atom stereocenters. The van der Waals surface area contributed by atoms with E-state index in [2.05, 4.69) is 4.99 Å². The number of carbonyl (C=O) groups excluding carboxylic acids is 1. The molecular formula is C20H22ClN3O2S. The minimum absolute atomic E-state index is 0.261. The Morgan fingerprint density at radius 2 is 1.96 bits per heavy atom. The van der Waals surface area contributed by atoms with Crippen molar-refractivity contribution in [2.24, 2.45) is 4.99 Å². The standard InChI is InChI=1S/C20H22ClN3O2S/c1-4-26-12-11-24-17-10-7-15(21)13-18(17)27-20(24)22-19(25)14-5-8-16(9-6-14)23(2)3/h5-10,13H,4,11-12H2,1-3H3. The van der Waals surface area contributed by atoms with Gasteiger partial charge in [-0.2, -0.15) is 4.99 Å². The second-order valence-electron chi connectivity index (χ2n) is 6.20. The summed E-state index contributed by atoms with van der Waals surface area (Å²) in [6.45, 7) is 3.80. The van der Waals surface area contributed by atoms with E-state index in [9.17, 15) is 4.79 Å². The molecule has 142 valence electrons. The maximum Gasteiger partial charge on any atom is 0.279 e. The molecule has 0 spiro atoms. The zero-order valence-corrected chi connectivity index (χ0v) is 17.2. The van der Waals surface area contributed by atoms with E-state index in [1.807, 2.05) is 60.8 Å². The molecule has 0 radical (unpaired) electrons. The summed E-state index contributed by atoms with van der Waals surface area (Å²) in [5.74, 6) is -0.261. The molecule has 3 rings (SSSR count). The monoisotopic (exact) mass is 403 g/mol. The van der Waals surface area contributed by atoms with Crippen LogP contribution < -0.4 is 9.70 Å². The summed E-state index contributed by atoms with van der Waals surface area (Å²) in [5, 5.41) is 0.665. The summed E-state index contributed by atoms with van der Waals surface area (Å²) in [6.07, 6.45) is 0. The molecule has 5 nitrogen and oxygen atoms in total. The largest absolute Gasteiger partial charge is 0.380 e. The Morgan fingerprint density at radius 1 is 1.22 bits per heavy atom. The zero-order chi connectivity index (χ0) is 19.4. The van der Waals surface area contributed by atoms with Gasteiger partial charge in [-0.15, -0.1) is 0 Å². The van der Waals surface area contributed by atoms with Crippen LogP contribution in [0.1, 0.15) is 17.3 Å². The Hall–Kier alpha value is -2.15. The lowest BCUT2D eigenvalue weighted by molar-refractivity contribution is 0.0996. The molecule has 0 unspecified atom stereocenters. The number of fused-ring (bicyclic) bond motifs is 1. The number of ether oxygens (including phenoxy) is 1. The Kier molecular flexibility index (Phi) is 6.31. The lowest BCUT2D eigenvalue weighted by Crippen LogP contribution is -2.19. The Labute approximate surface area is 167 Å². The number of anilines is 1. The first-order chi connectivity index (χ1) is 13.0. The first kappa shape index (κ1) is 19.6. The number of rotatable bonds is 6. The van der Waals surface area contributed by atoms with Crippen LogP contribution in [0.4, 0.5) is 5.69 Å². The number of halogens is 1. The molecular weight excluding hydrogens is 382 g/mol. The molecule has 0 aliphatic carbocycles. The van der Waals surface area contributed by atoms with Gasteiger partial charge in [0.1, 0.15) is 0 Å². The van der Waals surface area contributed by atoms with Crippen molar-refractivity contribution in [2.75, 3.05) is 32.2 Å². The number of hydrogen-bond acceptors (Lipinski definition) is 4. The van der Waals surface area contributed by atoms with E-state index in [1.165, 1.54) is 11.3 Å². The van der Waals surface area contributed by atoms with Gasteiger partial charge in [0.2, 0.25) is 0 Å². The smallest absolute Gasteiger partial charge is 0.279 e. The summed E-state index contributed by atoms with van der Waals surface area (Å²) >= 11 is 7.57. The summed E-state index contributed by atoms with van der Waals surface area (Å²) < 4.78 is 8.49. The van der Waals surface area contributed by atoms with Crippen LogP contribution in [-0.2, 0) is 11.3 Å². The van der Waals surface area contributed by atoms with Gasteiger partial charge in [-0.3, -0.25) is 4.79 Å². The van der Waals surface area contributed by atoms with E-state index < -0.39 is 0 Å². The molecule has 1 heterocycles. The van der Waals surface area contributed by atoms with Gasteiger partial charge in [0.05, 0.1) is 16.8 Å². The van der Waals surface area contributed by atoms with Crippen molar-refractivity contribution in [3.63, 3.8) is 0 Å². The maximum absolute atomic E-state index is 12.7. The van der Waals surface area contributed by atoms with Crippen molar-refractivity contribution in [3.8, 4) is 0 Å². The second kappa shape index (κ2) is 8.69. The van der Waals surface area contributed by atoms with Gasteiger partial charge < -0.3 is 14.2 Å². The number of carbonyl (C=O) groups is 1. The van der Waals surface area contributed by atoms with E-state index in [0.29, 0.717) is 35.1 Å². The third-order valence-corrected chi connectivity index (χ3v) is 5.41. The zero-order valence-electron chi connectivity index (χ0n) is 15.6. The van der Waals surface area contributed by atoms with E-state index in [0.717, 1.165) is 15.9 Å². The third kappa shape index (κ3) is 4.58. The van der Waals surface area contributed by atoms with E-state index in [1.54, 1.807) is 12.1 Å². The SMILES string of the molecule is CCOCCn1c(=NC(=O)c2ccc(N(C)C)cc2)sc2cc(Cl)ccc21. The van der Waals surface area contributed by atoms with Crippen LogP contribution >= 0.6 is 22.9 Å². The molecule has 3 aromatic rings. The van der Waals surface area contributed by atoms with Crippen LogP contribution in [-0.4, -0.2) is 37.8 Å². The van der Waals surface area contributed by atoms with Crippen LogP contribution in [0, 0.1) is 0 Å². The third-order valence-electron chi connectivity index (χ3n) is 4.14. The normalized spacial score (nSPS) is 11.9. The van der Waals surface area contributed by atoms with Crippen molar-refractivity contribution in [1.82, 2.24) is 4.57 Å². The summed E-state index contributed by atoms with van der Waals surface area (Å²) in [5.41, 5.74) is 2.60. The highest BCUT2D eigenvalue weighted by Gasteiger charge is 2.10. The summed E-state index contributed by atoms with van der Waals surface area (Å²) in [6, 6.07) is 13.1. The van der Waals surface area contributed by atoms with Crippen LogP contribution in [0.3, 0.4) is 0 Å². The molecule has 7 heteroatoms. The van der Waals surface area contributed by atoms with Gasteiger partial charge in [0, 0.05) is 43.5 Å². The maximum atomic E-state index is 12.7. The molecule has 0 saturated carbocycles. The van der Waals surface area contributed by atoms with Crippen LogP contribution in [0.2, 0.25) is 5.02 Å². The van der Waals surface area contributed by atoms with Crippen molar-refractivity contribution in [1.29, 1.82) is 0 Å². The Morgan fingerprint density at radius 3 is 2.63 bits per heavy atom. The minimum atomic E-state index is -0.261. The topological polar surface area (TPSA) is 46.8 Å². The molecule has 0 aliphatic rings. The van der Waals surface area contributed by atoms with E-state index >= 15 is 0 Å². The Balaban J connectivity index is 2.00. The van der Waals surface area contributed by atoms with Gasteiger partial charge in [-0.1, -0.05) is 22.9 Å². The number of thiazole rings is 1. The molecule has 0 bridgehead atoms. The number of hydrogen-bond donors (Lipinski definition) is 0. The van der Waals surface area contributed by atoms with Crippen LogP contribution in [0.25, 0.3) is 10.2 Å².